The fraction of sp³-hybridized carbons (Fsp3) is 0.0417. The Kier molecular flexibility index (Phi) is 4.49. The van der Waals surface area contributed by atoms with Crippen molar-refractivity contribution in [3.63, 3.8) is 0 Å². The average Bonchev–Trinajstić information content (AvgIpc) is 3.44. The van der Waals surface area contributed by atoms with E-state index in [9.17, 15) is 10.1 Å². The first-order chi connectivity index (χ1) is 15.6. The Morgan fingerprint density at radius 2 is 2.00 bits per heavy atom. The van der Waals surface area contributed by atoms with Crippen LogP contribution in [0, 0.1) is 11.3 Å². The Balaban J connectivity index is 1.68. The first-order valence-corrected chi connectivity index (χ1v) is 9.81. The first kappa shape index (κ1) is 19.2. The molecule has 0 aliphatic carbocycles. The van der Waals surface area contributed by atoms with Gasteiger partial charge in [0, 0.05) is 47.2 Å². The lowest BCUT2D eigenvalue weighted by Gasteiger charge is -2.10. The van der Waals surface area contributed by atoms with Crippen LogP contribution >= 0.6 is 0 Å². The van der Waals surface area contributed by atoms with Gasteiger partial charge >= 0.3 is 0 Å². The zero-order chi connectivity index (χ0) is 22.2. The van der Waals surface area contributed by atoms with Crippen molar-refractivity contribution in [2.24, 2.45) is 7.05 Å². The Bertz CT molecular complexity index is 1570. The lowest BCUT2D eigenvalue weighted by atomic mass is 10.0. The molecule has 4 heterocycles. The number of pyridine rings is 2. The summed E-state index contributed by atoms with van der Waals surface area (Å²) in [7, 11) is 1.86. The Hall–Kier alpha value is -4.77. The maximum absolute atomic E-state index is 11.6. The summed E-state index contributed by atoms with van der Waals surface area (Å²) in [5.41, 5.74) is 5.97. The summed E-state index contributed by atoms with van der Waals surface area (Å²) in [6.07, 6.45) is 8.37. The lowest BCUT2D eigenvalue weighted by molar-refractivity contribution is -0.111. The van der Waals surface area contributed by atoms with Gasteiger partial charge < -0.3 is 5.32 Å². The van der Waals surface area contributed by atoms with Crippen LogP contribution in [-0.2, 0) is 11.8 Å². The topological polar surface area (TPSA) is 101 Å². The van der Waals surface area contributed by atoms with Gasteiger partial charge in [-0.25, -0.2) is 9.50 Å². The molecule has 0 atom stereocenters. The molecule has 0 spiro atoms. The second-order valence-corrected chi connectivity index (χ2v) is 7.31. The summed E-state index contributed by atoms with van der Waals surface area (Å²) in [6, 6.07) is 13.6. The molecule has 32 heavy (non-hydrogen) atoms. The molecule has 0 saturated heterocycles. The van der Waals surface area contributed by atoms with Crippen molar-refractivity contribution in [3.05, 3.63) is 79.4 Å². The standard InChI is InChI=1S/C24H17N7O/c1-3-23(32)28-19-5-7-21-15(8-19)4-6-22(29-21)20-9-16(18-12-26-30(2)13-18)14-31-24(20)17(10-25)11-27-31/h3-9,11-14H,1H2,2H3,(H,28,32). The summed E-state index contributed by atoms with van der Waals surface area (Å²) >= 11 is 0. The van der Waals surface area contributed by atoms with Gasteiger partial charge in [0.2, 0.25) is 5.91 Å². The average molecular weight is 419 g/mol. The molecular weight excluding hydrogens is 402 g/mol. The molecule has 8 nitrogen and oxygen atoms in total. The highest BCUT2D eigenvalue weighted by Crippen LogP contribution is 2.32. The Labute approximate surface area is 183 Å². The molecule has 5 aromatic rings. The molecule has 154 valence electrons. The molecule has 0 saturated carbocycles. The maximum Gasteiger partial charge on any atom is 0.247 e. The lowest BCUT2D eigenvalue weighted by Crippen LogP contribution is -2.06. The predicted molar refractivity (Wildman–Crippen MR) is 122 cm³/mol. The van der Waals surface area contributed by atoms with E-state index in [4.69, 9.17) is 4.98 Å². The van der Waals surface area contributed by atoms with Gasteiger partial charge in [-0.3, -0.25) is 9.48 Å². The number of nitrogens with one attached hydrogen (secondary N) is 1. The summed E-state index contributed by atoms with van der Waals surface area (Å²) in [6.45, 7) is 3.47. The number of nitrogens with zero attached hydrogens (tertiary/aromatic N) is 6. The van der Waals surface area contributed by atoms with Crippen LogP contribution in [-0.4, -0.2) is 30.3 Å². The third-order valence-electron chi connectivity index (χ3n) is 5.19. The van der Waals surface area contributed by atoms with Gasteiger partial charge in [0.15, 0.2) is 0 Å². The minimum absolute atomic E-state index is 0.270. The number of aryl methyl sites for hydroxylation is 1. The van der Waals surface area contributed by atoms with Gasteiger partial charge in [-0.2, -0.15) is 15.5 Å². The van der Waals surface area contributed by atoms with E-state index in [1.54, 1.807) is 27.7 Å². The molecular formula is C24H17N7O. The zero-order valence-corrected chi connectivity index (χ0v) is 17.1. The molecule has 0 aliphatic heterocycles. The van der Waals surface area contributed by atoms with Gasteiger partial charge in [0.1, 0.15) is 6.07 Å². The second-order valence-electron chi connectivity index (χ2n) is 7.31. The van der Waals surface area contributed by atoms with Crippen LogP contribution in [0.25, 0.3) is 38.8 Å². The van der Waals surface area contributed by atoms with Gasteiger partial charge in [-0.1, -0.05) is 12.6 Å². The van der Waals surface area contributed by atoms with Gasteiger partial charge in [0.05, 0.1) is 34.7 Å². The van der Waals surface area contributed by atoms with Crippen LogP contribution in [0.1, 0.15) is 5.56 Å². The minimum atomic E-state index is -0.270. The summed E-state index contributed by atoms with van der Waals surface area (Å²) in [5, 5.41) is 21.9. The molecule has 0 radical (unpaired) electrons. The number of hydrogen-bond acceptors (Lipinski definition) is 5. The van der Waals surface area contributed by atoms with E-state index in [0.717, 1.165) is 27.6 Å². The second kappa shape index (κ2) is 7.49. The van der Waals surface area contributed by atoms with Crippen molar-refractivity contribution in [1.82, 2.24) is 24.4 Å². The van der Waals surface area contributed by atoms with E-state index in [1.807, 2.05) is 49.8 Å². The van der Waals surface area contributed by atoms with Crippen molar-refractivity contribution >= 4 is 28.0 Å². The van der Waals surface area contributed by atoms with Crippen LogP contribution in [0.4, 0.5) is 5.69 Å². The number of hydrogen-bond donors (Lipinski definition) is 1. The third-order valence-corrected chi connectivity index (χ3v) is 5.19. The fourth-order valence-corrected chi connectivity index (χ4v) is 3.67. The van der Waals surface area contributed by atoms with E-state index < -0.39 is 0 Å². The Morgan fingerprint density at radius 1 is 1.12 bits per heavy atom. The number of nitriles is 1. The van der Waals surface area contributed by atoms with Gasteiger partial charge in [-0.05, 0) is 36.4 Å². The first-order valence-electron chi connectivity index (χ1n) is 9.81. The van der Waals surface area contributed by atoms with Crippen LogP contribution in [0.15, 0.2) is 73.8 Å². The van der Waals surface area contributed by atoms with Crippen LogP contribution < -0.4 is 5.32 Å². The van der Waals surface area contributed by atoms with Crippen LogP contribution in [0.3, 0.4) is 0 Å². The SMILES string of the molecule is C=CC(=O)Nc1ccc2nc(-c3cc(-c4cnn(C)c4)cn4ncc(C#N)c34)ccc2c1. The maximum atomic E-state index is 11.6. The number of amides is 1. The quantitative estimate of drug-likeness (QED) is 0.445. The minimum Gasteiger partial charge on any atom is -0.323 e. The number of anilines is 1. The summed E-state index contributed by atoms with van der Waals surface area (Å²) in [4.78, 5) is 16.4. The van der Waals surface area contributed by atoms with Crippen molar-refractivity contribution in [2.75, 3.05) is 5.32 Å². The van der Waals surface area contributed by atoms with E-state index in [0.29, 0.717) is 22.5 Å². The van der Waals surface area contributed by atoms with Crippen molar-refractivity contribution in [3.8, 4) is 28.5 Å². The molecule has 1 amide bonds. The highest BCUT2D eigenvalue weighted by molar-refractivity contribution is 6.00. The van der Waals surface area contributed by atoms with E-state index in [1.165, 1.54) is 6.08 Å². The van der Waals surface area contributed by atoms with Crippen LogP contribution in [0.5, 0.6) is 0 Å². The smallest absolute Gasteiger partial charge is 0.247 e. The highest BCUT2D eigenvalue weighted by Gasteiger charge is 2.15. The summed E-state index contributed by atoms with van der Waals surface area (Å²) < 4.78 is 3.44. The fourth-order valence-electron chi connectivity index (χ4n) is 3.67. The molecule has 1 N–H and O–H groups in total. The van der Waals surface area contributed by atoms with E-state index in [2.05, 4.69) is 28.2 Å². The van der Waals surface area contributed by atoms with E-state index in [-0.39, 0.29) is 5.91 Å². The monoisotopic (exact) mass is 419 g/mol. The van der Waals surface area contributed by atoms with E-state index >= 15 is 0 Å². The number of fused-ring (bicyclic) bond motifs is 2. The number of aromatic nitrogens is 5. The molecule has 8 heteroatoms. The molecule has 0 bridgehead atoms. The largest absolute Gasteiger partial charge is 0.323 e. The predicted octanol–water partition coefficient (Wildman–Crippen LogP) is 3.95. The van der Waals surface area contributed by atoms with Crippen molar-refractivity contribution in [1.29, 1.82) is 5.26 Å². The molecule has 0 unspecified atom stereocenters. The molecule has 4 aromatic heterocycles. The normalized spacial score (nSPS) is 10.9. The number of carbonyl (C=O) groups is 1. The van der Waals surface area contributed by atoms with Gasteiger partial charge in [0.25, 0.3) is 0 Å². The summed E-state index contributed by atoms with van der Waals surface area (Å²) in [5.74, 6) is -0.270. The zero-order valence-electron chi connectivity index (χ0n) is 17.1. The van der Waals surface area contributed by atoms with Crippen molar-refractivity contribution in [2.45, 2.75) is 0 Å². The highest BCUT2D eigenvalue weighted by atomic mass is 16.1. The number of benzene rings is 1. The third kappa shape index (κ3) is 3.28. The van der Waals surface area contributed by atoms with Gasteiger partial charge in [-0.15, -0.1) is 0 Å². The number of carbonyl (C=O) groups excluding carboxylic acids is 1. The Morgan fingerprint density at radius 3 is 2.75 bits per heavy atom. The van der Waals surface area contributed by atoms with Crippen molar-refractivity contribution < 1.29 is 4.79 Å². The molecule has 0 fully saturated rings. The van der Waals surface area contributed by atoms with Crippen LogP contribution in [0.2, 0.25) is 0 Å². The number of rotatable bonds is 4. The molecule has 5 rings (SSSR count). The molecule has 0 aliphatic rings. The molecule has 1 aromatic carbocycles.